The van der Waals surface area contributed by atoms with Gasteiger partial charge in [-0.1, -0.05) is 55.4 Å². The second kappa shape index (κ2) is 8.25. The van der Waals surface area contributed by atoms with Crippen LogP contribution in [-0.2, 0) is 9.59 Å². The number of hydrogen-bond acceptors (Lipinski definition) is 5. The molecule has 3 fully saturated rings. The number of amides is 1. The number of carboxylic acids is 1. The molecule has 1 N–H and O–H groups in total. The second-order valence-corrected chi connectivity index (χ2v) is 9.47. The van der Waals surface area contributed by atoms with Crippen LogP contribution in [0.1, 0.15) is 37.7 Å². The molecule has 2 saturated heterocycles. The van der Waals surface area contributed by atoms with E-state index >= 15 is 0 Å². The van der Waals surface area contributed by atoms with E-state index in [-0.39, 0.29) is 5.91 Å². The minimum absolute atomic E-state index is 0.297. The van der Waals surface area contributed by atoms with Crippen LogP contribution in [0.25, 0.3) is 6.08 Å². The molecular formula is C21H24N2O3S2. The Morgan fingerprint density at radius 3 is 2.61 bits per heavy atom. The van der Waals surface area contributed by atoms with E-state index in [9.17, 15) is 9.59 Å². The smallest absolute Gasteiger partial charge is 0.323 e. The lowest BCUT2D eigenvalue weighted by Gasteiger charge is -2.42. The van der Waals surface area contributed by atoms with Crippen LogP contribution in [0, 0.1) is 11.8 Å². The van der Waals surface area contributed by atoms with Crippen molar-refractivity contribution in [2.75, 3.05) is 24.5 Å². The molecule has 0 radical (unpaired) electrons. The lowest BCUT2D eigenvalue weighted by atomic mass is 9.75. The van der Waals surface area contributed by atoms with Gasteiger partial charge in [0.2, 0.25) is 0 Å². The monoisotopic (exact) mass is 416 g/mol. The predicted octanol–water partition coefficient (Wildman–Crippen LogP) is 3.99. The third-order valence-corrected chi connectivity index (χ3v) is 7.39. The van der Waals surface area contributed by atoms with Gasteiger partial charge in [0, 0.05) is 18.8 Å². The summed E-state index contributed by atoms with van der Waals surface area (Å²) in [7, 11) is 0. The zero-order valence-corrected chi connectivity index (χ0v) is 17.3. The molecule has 4 rings (SSSR count). The molecule has 2 heterocycles. The van der Waals surface area contributed by atoms with E-state index in [4.69, 9.17) is 17.3 Å². The van der Waals surface area contributed by atoms with Crippen LogP contribution in [0.5, 0.6) is 0 Å². The van der Waals surface area contributed by atoms with Crippen molar-refractivity contribution >= 4 is 51.9 Å². The average Bonchev–Trinajstić information content (AvgIpc) is 2.95. The normalized spacial score (nSPS) is 26.6. The summed E-state index contributed by atoms with van der Waals surface area (Å²) >= 11 is 6.30. The van der Waals surface area contributed by atoms with Gasteiger partial charge in [-0.3, -0.25) is 14.5 Å². The predicted molar refractivity (Wildman–Crippen MR) is 116 cm³/mol. The maximum atomic E-state index is 12.4. The van der Waals surface area contributed by atoms with Crippen molar-refractivity contribution in [2.45, 2.75) is 32.1 Å². The lowest BCUT2D eigenvalue weighted by Crippen LogP contribution is -2.41. The Bertz CT molecular complexity index is 821. The van der Waals surface area contributed by atoms with Crippen LogP contribution in [0.15, 0.2) is 29.2 Å². The van der Waals surface area contributed by atoms with Gasteiger partial charge in [0.25, 0.3) is 5.91 Å². The van der Waals surface area contributed by atoms with E-state index in [0.717, 1.165) is 47.2 Å². The summed E-state index contributed by atoms with van der Waals surface area (Å²) < 4.78 is 0.297. The number of rotatable bonds is 4. The average molecular weight is 417 g/mol. The van der Waals surface area contributed by atoms with Crippen molar-refractivity contribution in [3.63, 3.8) is 0 Å². The van der Waals surface area contributed by atoms with Crippen LogP contribution >= 0.6 is 24.0 Å². The van der Waals surface area contributed by atoms with Gasteiger partial charge < -0.3 is 10.0 Å². The fourth-order valence-corrected chi connectivity index (χ4v) is 5.79. The SMILES string of the molecule is O=C(O)CN1C(=O)/C(=C/c2ccc(N3CCC4CCCCC4C3)cc2)SC1=S. The fourth-order valence-electron chi connectivity index (χ4n) is 4.54. The van der Waals surface area contributed by atoms with Crippen LogP contribution in [0.4, 0.5) is 5.69 Å². The highest BCUT2D eigenvalue weighted by atomic mass is 32.2. The van der Waals surface area contributed by atoms with E-state index in [1.807, 2.05) is 12.1 Å². The Morgan fingerprint density at radius 1 is 1.18 bits per heavy atom. The molecule has 1 aromatic carbocycles. The van der Waals surface area contributed by atoms with Gasteiger partial charge in [-0.2, -0.15) is 0 Å². The number of aliphatic carboxylic acids is 1. The quantitative estimate of drug-likeness (QED) is 0.592. The van der Waals surface area contributed by atoms with E-state index < -0.39 is 12.5 Å². The molecule has 28 heavy (non-hydrogen) atoms. The molecule has 3 aliphatic rings. The highest BCUT2D eigenvalue weighted by Crippen LogP contribution is 2.38. The van der Waals surface area contributed by atoms with Crippen LogP contribution in [0.3, 0.4) is 0 Å². The summed E-state index contributed by atoms with van der Waals surface area (Å²) in [5, 5.41) is 8.93. The number of nitrogens with zero attached hydrogens (tertiary/aromatic N) is 2. The summed E-state index contributed by atoms with van der Waals surface area (Å²) in [6, 6.07) is 8.28. The number of thiocarbonyl (C=S) groups is 1. The molecule has 1 amide bonds. The molecule has 0 bridgehead atoms. The van der Waals surface area contributed by atoms with Crippen molar-refractivity contribution in [1.82, 2.24) is 4.90 Å². The zero-order chi connectivity index (χ0) is 19.7. The van der Waals surface area contributed by atoms with Crippen molar-refractivity contribution in [3.8, 4) is 0 Å². The maximum Gasteiger partial charge on any atom is 0.323 e. The van der Waals surface area contributed by atoms with Crippen LogP contribution < -0.4 is 4.90 Å². The van der Waals surface area contributed by atoms with Gasteiger partial charge in [0.15, 0.2) is 0 Å². The summed E-state index contributed by atoms with van der Waals surface area (Å²) in [6.07, 6.45) is 8.61. The number of piperidine rings is 1. The number of fused-ring (bicyclic) bond motifs is 1. The number of carbonyl (C=O) groups is 2. The zero-order valence-electron chi connectivity index (χ0n) is 15.7. The first-order chi connectivity index (χ1) is 13.5. The number of thioether (sulfide) groups is 1. The summed E-state index contributed by atoms with van der Waals surface area (Å²) in [5.74, 6) is 0.347. The van der Waals surface area contributed by atoms with Crippen LogP contribution in [0.2, 0.25) is 0 Å². The summed E-state index contributed by atoms with van der Waals surface area (Å²) in [5.41, 5.74) is 2.16. The molecule has 0 aromatic heterocycles. The Balaban J connectivity index is 1.44. The van der Waals surface area contributed by atoms with Crippen LogP contribution in [-0.4, -0.2) is 45.8 Å². The minimum Gasteiger partial charge on any atom is -0.480 e. The second-order valence-electron chi connectivity index (χ2n) is 7.79. The molecule has 148 valence electrons. The molecule has 2 atom stereocenters. The van der Waals surface area contributed by atoms with E-state index in [1.165, 1.54) is 37.8 Å². The number of carboxylic acid groups (broad SMARTS) is 1. The van der Waals surface area contributed by atoms with Crippen molar-refractivity contribution in [1.29, 1.82) is 0 Å². The number of carbonyl (C=O) groups excluding carboxylic acids is 1. The van der Waals surface area contributed by atoms with Gasteiger partial charge in [-0.25, -0.2) is 0 Å². The molecular weight excluding hydrogens is 392 g/mol. The summed E-state index contributed by atoms with van der Waals surface area (Å²) in [6.45, 7) is 1.88. The number of benzene rings is 1. The Hall–Kier alpha value is -1.86. The van der Waals surface area contributed by atoms with Gasteiger partial charge in [0.05, 0.1) is 4.91 Å². The fraction of sp³-hybridized carbons (Fsp3) is 0.476. The lowest BCUT2D eigenvalue weighted by molar-refractivity contribution is -0.140. The third kappa shape index (κ3) is 4.10. The van der Waals surface area contributed by atoms with E-state index in [1.54, 1.807) is 6.08 Å². The Labute approximate surface area is 174 Å². The maximum absolute atomic E-state index is 12.4. The molecule has 5 nitrogen and oxygen atoms in total. The first kappa shape index (κ1) is 19.5. The van der Waals surface area contributed by atoms with Gasteiger partial charge in [-0.15, -0.1) is 0 Å². The first-order valence-corrected chi connectivity index (χ1v) is 11.1. The van der Waals surface area contributed by atoms with Crippen molar-refractivity contribution in [3.05, 3.63) is 34.7 Å². The molecule has 1 aliphatic carbocycles. The largest absolute Gasteiger partial charge is 0.480 e. The summed E-state index contributed by atoms with van der Waals surface area (Å²) in [4.78, 5) is 27.4. The first-order valence-electron chi connectivity index (χ1n) is 9.83. The number of hydrogen-bond donors (Lipinski definition) is 1. The standard InChI is InChI=1S/C21H24N2O3S2/c24-19(25)13-23-20(26)18(28-21(23)27)11-14-5-7-17(8-6-14)22-10-9-15-3-1-2-4-16(15)12-22/h5-8,11,15-16H,1-4,9-10,12-13H2,(H,24,25)/b18-11-. The van der Waals surface area contributed by atoms with Gasteiger partial charge >= 0.3 is 5.97 Å². The Kier molecular flexibility index (Phi) is 5.73. The molecule has 2 unspecified atom stereocenters. The molecule has 1 aromatic rings. The highest BCUT2D eigenvalue weighted by molar-refractivity contribution is 8.26. The topological polar surface area (TPSA) is 60.9 Å². The highest BCUT2D eigenvalue weighted by Gasteiger charge is 2.33. The van der Waals surface area contributed by atoms with Gasteiger partial charge in [-0.05, 0) is 48.4 Å². The Morgan fingerprint density at radius 2 is 1.89 bits per heavy atom. The van der Waals surface area contributed by atoms with Crippen molar-refractivity contribution in [2.24, 2.45) is 11.8 Å². The minimum atomic E-state index is -1.07. The molecule has 2 aliphatic heterocycles. The van der Waals surface area contributed by atoms with Crippen molar-refractivity contribution < 1.29 is 14.7 Å². The van der Waals surface area contributed by atoms with E-state index in [2.05, 4.69) is 17.0 Å². The number of anilines is 1. The van der Waals surface area contributed by atoms with E-state index in [0.29, 0.717) is 9.23 Å². The molecule has 7 heteroatoms. The molecule has 0 spiro atoms. The molecule has 1 saturated carbocycles. The third-order valence-electron chi connectivity index (χ3n) is 6.01. The van der Waals surface area contributed by atoms with Gasteiger partial charge in [0.1, 0.15) is 10.9 Å².